The smallest absolute Gasteiger partial charge is 0.120 e. The molecule has 1 aromatic rings. The lowest BCUT2D eigenvalue weighted by Crippen LogP contribution is -2.45. The van der Waals surface area contributed by atoms with Gasteiger partial charge in [0.1, 0.15) is 23.4 Å². The molecule has 1 saturated heterocycles. The van der Waals surface area contributed by atoms with E-state index >= 15 is 0 Å². The number of rotatable bonds is 0. The third kappa shape index (κ3) is 0.830. The summed E-state index contributed by atoms with van der Waals surface area (Å²) in [5.74, 6) is 0. The fourth-order valence-corrected chi connectivity index (χ4v) is 2.94. The van der Waals surface area contributed by atoms with Gasteiger partial charge in [-0.05, 0) is 25.0 Å². The predicted molar refractivity (Wildman–Crippen MR) is 54.2 cm³/mol. The number of hydrogen-bond acceptors (Lipinski definition) is 3. The number of hydrogen-bond donors (Lipinski definition) is 2. The van der Waals surface area contributed by atoms with Crippen LogP contribution in [0.4, 0.5) is 0 Å². The topological polar surface area (TPSA) is 49.7 Å². The van der Waals surface area contributed by atoms with Crippen molar-refractivity contribution in [2.24, 2.45) is 0 Å². The molecule has 1 aromatic carbocycles. The van der Waals surface area contributed by atoms with E-state index in [2.05, 4.69) is 0 Å². The van der Waals surface area contributed by atoms with Gasteiger partial charge in [-0.3, -0.25) is 0 Å². The lowest BCUT2D eigenvalue weighted by molar-refractivity contribution is -0.0978. The summed E-state index contributed by atoms with van der Waals surface area (Å²) >= 11 is 0. The fraction of sp³-hybridized carbons (Fsp3) is 0.500. The van der Waals surface area contributed by atoms with Crippen LogP contribution in [0.15, 0.2) is 24.3 Å². The third-order valence-corrected chi connectivity index (χ3v) is 3.85. The van der Waals surface area contributed by atoms with E-state index in [1.807, 2.05) is 38.1 Å². The number of benzene rings is 1. The van der Waals surface area contributed by atoms with Gasteiger partial charge in [0.15, 0.2) is 0 Å². The molecule has 2 bridgehead atoms. The van der Waals surface area contributed by atoms with E-state index in [9.17, 15) is 10.2 Å². The number of aliphatic hydroxyl groups is 2. The molecule has 0 amide bonds. The van der Waals surface area contributed by atoms with Crippen molar-refractivity contribution in [2.45, 2.75) is 37.3 Å². The van der Waals surface area contributed by atoms with Crippen LogP contribution in [0.3, 0.4) is 0 Å². The van der Waals surface area contributed by atoms with Gasteiger partial charge < -0.3 is 14.9 Å². The SMILES string of the molecule is CC12OC(C)(c3ccccc31)[C@@H](O)[C@H]2O. The molecular formula is C12H14O3. The Labute approximate surface area is 88.3 Å². The van der Waals surface area contributed by atoms with E-state index in [4.69, 9.17) is 4.74 Å². The highest BCUT2D eigenvalue weighted by Gasteiger charge is 2.65. The molecular weight excluding hydrogens is 192 g/mol. The molecule has 2 N–H and O–H groups in total. The summed E-state index contributed by atoms with van der Waals surface area (Å²) in [6.45, 7) is 3.66. The molecule has 4 atom stereocenters. The van der Waals surface area contributed by atoms with Crippen molar-refractivity contribution in [1.82, 2.24) is 0 Å². The molecule has 1 fully saturated rings. The fourth-order valence-electron chi connectivity index (χ4n) is 2.94. The second-order valence-corrected chi connectivity index (χ2v) is 4.75. The molecule has 0 aliphatic carbocycles. The van der Waals surface area contributed by atoms with Gasteiger partial charge in [0.25, 0.3) is 0 Å². The Hall–Kier alpha value is -0.900. The van der Waals surface area contributed by atoms with Crippen molar-refractivity contribution in [1.29, 1.82) is 0 Å². The van der Waals surface area contributed by atoms with Crippen LogP contribution in [-0.4, -0.2) is 22.4 Å². The van der Waals surface area contributed by atoms with Crippen LogP contribution in [0.2, 0.25) is 0 Å². The van der Waals surface area contributed by atoms with Gasteiger partial charge in [0, 0.05) is 0 Å². The molecule has 0 saturated carbocycles. The number of fused-ring (bicyclic) bond motifs is 5. The van der Waals surface area contributed by atoms with E-state index in [0.29, 0.717) is 0 Å². The van der Waals surface area contributed by atoms with Gasteiger partial charge in [0.05, 0.1) is 0 Å². The Balaban J connectivity index is 2.31. The van der Waals surface area contributed by atoms with E-state index < -0.39 is 23.4 Å². The average molecular weight is 206 g/mol. The second kappa shape index (κ2) is 2.43. The van der Waals surface area contributed by atoms with Gasteiger partial charge in [-0.15, -0.1) is 0 Å². The van der Waals surface area contributed by atoms with Crippen molar-refractivity contribution in [2.75, 3.05) is 0 Å². The van der Waals surface area contributed by atoms with Gasteiger partial charge in [0.2, 0.25) is 0 Å². The summed E-state index contributed by atoms with van der Waals surface area (Å²) < 4.78 is 5.84. The van der Waals surface area contributed by atoms with Crippen LogP contribution in [0.5, 0.6) is 0 Å². The number of aliphatic hydroxyl groups excluding tert-OH is 2. The Morgan fingerprint density at radius 2 is 1.40 bits per heavy atom. The predicted octanol–water partition coefficient (Wildman–Crippen LogP) is 0.883. The van der Waals surface area contributed by atoms with E-state index in [1.165, 1.54) is 0 Å². The number of ether oxygens (including phenoxy) is 1. The Kier molecular flexibility index (Phi) is 1.51. The lowest BCUT2D eigenvalue weighted by atomic mass is 9.74. The molecule has 2 unspecified atom stereocenters. The van der Waals surface area contributed by atoms with Crippen LogP contribution >= 0.6 is 0 Å². The molecule has 3 heteroatoms. The summed E-state index contributed by atoms with van der Waals surface area (Å²) in [6, 6.07) is 7.76. The van der Waals surface area contributed by atoms with Gasteiger partial charge >= 0.3 is 0 Å². The summed E-state index contributed by atoms with van der Waals surface area (Å²) in [5, 5.41) is 20.0. The molecule has 3 rings (SSSR count). The first-order chi connectivity index (χ1) is 7.00. The van der Waals surface area contributed by atoms with E-state index in [0.717, 1.165) is 11.1 Å². The van der Waals surface area contributed by atoms with Crippen molar-refractivity contribution in [3.63, 3.8) is 0 Å². The highest BCUT2D eigenvalue weighted by Crippen LogP contribution is 2.57. The first kappa shape index (κ1) is 9.33. The average Bonchev–Trinajstić information content (AvgIpc) is 2.57. The summed E-state index contributed by atoms with van der Waals surface area (Å²) in [4.78, 5) is 0. The van der Waals surface area contributed by atoms with Gasteiger partial charge in [-0.25, -0.2) is 0 Å². The Morgan fingerprint density at radius 1 is 1.00 bits per heavy atom. The van der Waals surface area contributed by atoms with Crippen molar-refractivity contribution in [3.05, 3.63) is 35.4 Å². The summed E-state index contributed by atoms with van der Waals surface area (Å²) in [5.41, 5.74) is 0.464. The van der Waals surface area contributed by atoms with Crippen LogP contribution in [0.1, 0.15) is 25.0 Å². The minimum Gasteiger partial charge on any atom is -0.387 e. The van der Waals surface area contributed by atoms with Crippen molar-refractivity contribution >= 4 is 0 Å². The van der Waals surface area contributed by atoms with E-state index in [1.54, 1.807) is 0 Å². The van der Waals surface area contributed by atoms with Gasteiger partial charge in [-0.1, -0.05) is 24.3 Å². The quantitative estimate of drug-likeness (QED) is 0.662. The zero-order valence-electron chi connectivity index (χ0n) is 8.77. The molecule has 2 aliphatic heterocycles. The minimum atomic E-state index is -0.850. The third-order valence-electron chi connectivity index (χ3n) is 3.85. The van der Waals surface area contributed by atoms with Crippen molar-refractivity contribution in [3.8, 4) is 0 Å². The zero-order valence-corrected chi connectivity index (χ0v) is 8.77. The molecule has 0 radical (unpaired) electrons. The molecule has 0 aromatic heterocycles. The van der Waals surface area contributed by atoms with E-state index in [-0.39, 0.29) is 0 Å². The lowest BCUT2D eigenvalue weighted by Gasteiger charge is -2.31. The maximum absolute atomic E-state index is 9.98. The Bertz CT molecular complexity index is 392. The van der Waals surface area contributed by atoms with Crippen LogP contribution in [-0.2, 0) is 15.9 Å². The Morgan fingerprint density at radius 3 is 1.80 bits per heavy atom. The van der Waals surface area contributed by atoms with Crippen LogP contribution < -0.4 is 0 Å². The normalized spacial score (nSPS) is 46.9. The first-order valence-corrected chi connectivity index (χ1v) is 5.16. The largest absolute Gasteiger partial charge is 0.387 e. The second-order valence-electron chi connectivity index (χ2n) is 4.75. The molecule has 2 heterocycles. The highest BCUT2D eigenvalue weighted by atomic mass is 16.6. The highest BCUT2D eigenvalue weighted by molar-refractivity contribution is 5.46. The molecule has 15 heavy (non-hydrogen) atoms. The molecule has 0 spiro atoms. The monoisotopic (exact) mass is 206 g/mol. The summed E-state index contributed by atoms with van der Waals surface area (Å²) in [7, 11) is 0. The maximum atomic E-state index is 9.98. The summed E-state index contributed by atoms with van der Waals surface area (Å²) in [6.07, 6.45) is -1.70. The maximum Gasteiger partial charge on any atom is 0.120 e. The van der Waals surface area contributed by atoms with Crippen molar-refractivity contribution < 1.29 is 14.9 Å². The van der Waals surface area contributed by atoms with Crippen LogP contribution in [0, 0.1) is 0 Å². The molecule has 2 aliphatic rings. The first-order valence-electron chi connectivity index (χ1n) is 5.16. The zero-order chi connectivity index (χ0) is 10.8. The molecule has 80 valence electrons. The minimum absolute atomic E-state index is 0.759. The standard InChI is InChI=1S/C12H14O3/c1-11-7-5-3-4-6-8(7)12(2,15-11)10(14)9(11)13/h3-6,9-10,13-14H,1-2H3/t9-,10+,11?,12?. The van der Waals surface area contributed by atoms with Gasteiger partial charge in [-0.2, -0.15) is 0 Å². The molecule has 3 nitrogen and oxygen atoms in total. The van der Waals surface area contributed by atoms with Crippen LogP contribution in [0.25, 0.3) is 0 Å².